The summed E-state index contributed by atoms with van der Waals surface area (Å²) in [4.78, 5) is 2.46. The first-order valence-electron chi connectivity index (χ1n) is 7.78. The molecule has 0 radical (unpaired) electrons. The number of nitrogens with two attached hydrogens (primary N) is 1. The molecule has 1 saturated carbocycles. The van der Waals surface area contributed by atoms with Crippen molar-refractivity contribution in [3.63, 3.8) is 0 Å². The number of benzene rings is 1. The summed E-state index contributed by atoms with van der Waals surface area (Å²) in [7, 11) is 2.23. The SMILES string of the molecule is CN1CC(CN)CC1c1ccc(C2CCCC2)cc1. The van der Waals surface area contributed by atoms with Crippen LogP contribution in [0.25, 0.3) is 0 Å². The van der Waals surface area contributed by atoms with E-state index in [1.54, 1.807) is 5.56 Å². The van der Waals surface area contributed by atoms with Gasteiger partial charge in [0.1, 0.15) is 0 Å². The quantitative estimate of drug-likeness (QED) is 0.901. The maximum Gasteiger partial charge on any atom is 0.0348 e. The second-order valence-corrected chi connectivity index (χ2v) is 6.44. The monoisotopic (exact) mass is 258 g/mol. The Labute approximate surface area is 117 Å². The average Bonchev–Trinajstić information content (AvgIpc) is 3.08. The molecule has 1 aliphatic heterocycles. The molecule has 2 heteroatoms. The summed E-state index contributed by atoms with van der Waals surface area (Å²) in [5, 5.41) is 0. The predicted octanol–water partition coefficient (Wildman–Crippen LogP) is 3.30. The maximum absolute atomic E-state index is 5.82. The molecule has 1 saturated heterocycles. The second kappa shape index (κ2) is 5.64. The van der Waals surface area contributed by atoms with Gasteiger partial charge in [-0.3, -0.25) is 4.90 Å². The third kappa shape index (κ3) is 2.70. The Kier molecular flexibility index (Phi) is 3.90. The first kappa shape index (κ1) is 13.1. The lowest BCUT2D eigenvalue weighted by Gasteiger charge is -2.20. The summed E-state index contributed by atoms with van der Waals surface area (Å²) in [5.41, 5.74) is 8.84. The number of nitrogens with zero attached hydrogens (tertiary/aromatic N) is 1. The molecule has 0 bridgehead atoms. The molecule has 1 aromatic rings. The van der Waals surface area contributed by atoms with E-state index in [4.69, 9.17) is 5.73 Å². The second-order valence-electron chi connectivity index (χ2n) is 6.44. The van der Waals surface area contributed by atoms with Gasteiger partial charge in [-0.1, -0.05) is 37.1 Å². The number of rotatable bonds is 3. The molecule has 1 aliphatic carbocycles. The summed E-state index contributed by atoms with van der Waals surface area (Å²) in [6.45, 7) is 1.96. The number of likely N-dealkylation sites (tertiary alicyclic amines) is 1. The topological polar surface area (TPSA) is 29.3 Å². The van der Waals surface area contributed by atoms with Gasteiger partial charge in [0.05, 0.1) is 0 Å². The fourth-order valence-corrected chi connectivity index (χ4v) is 3.92. The van der Waals surface area contributed by atoms with Crippen LogP contribution in [-0.4, -0.2) is 25.0 Å². The Morgan fingerprint density at radius 2 is 1.74 bits per heavy atom. The van der Waals surface area contributed by atoms with Crippen molar-refractivity contribution in [2.75, 3.05) is 20.1 Å². The van der Waals surface area contributed by atoms with Crippen LogP contribution in [0.5, 0.6) is 0 Å². The van der Waals surface area contributed by atoms with Crippen molar-refractivity contribution in [2.45, 2.75) is 44.1 Å². The fourth-order valence-electron chi connectivity index (χ4n) is 3.92. The predicted molar refractivity (Wildman–Crippen MR) is 80.2 cm³/mol. The number of hydrogen-bond acceptors (Lipinski definition) is 2. The minimum absolute atomic E-state index is 0.575. The molecule has 2 atom stereocenters. The summed E-state index contributed by atoms with van der Waals surface area (Å²) in [6, 6.07) is 10.0. The van der Waals surface area contributed by atoms with E-state index >= 15 is 0 Å². The van der Waals surface area contributed by atoms with Crippen molar-refractivity contribution in [3.05, 3.63) is 35.4 Å². The van der Waals surface area contributed by atoms with Gasteiger partial charge in [-0.25, -0.2) is 0 Å². The van der Waals surface area contributed by atoms with E-state index < -0.39 is 0 Å². The molecule has 1 aromatic carbocycles. The molecule has 0 spiro atoms. The Bertz CT molecular complexity index is 406. The minimum Gasteiger partial charge on any atom is -0.330 e. The van der Waals surface area contributed by atoms with Gasteiger partial charge >= 0.3 is 0 Å². The van der Waals surface area contributed by atoms with Crippen LogP contribution in [0.2, 0.25) is 0 Å². The molecule has 3 rings (SSSR count). The first-order chi connectivity index (χ1) is 9.28. The van der Waals surface area contributed by atoms with Crippen LogP contribution in [0.15, 0.2) is 24.3 Å². The molecule has 1 heterocycles. The maximum atomic E-state index is 5.82. The van der Waals surface area contributed by atoms with Crippen LogP contribution in [0.4, 0.5) is 0 Å². The Balaban J connectivity index is 1.71. The highest BCUT2D eigenvalue weighted by Crippen LogP contribution is 2.37. The van der Waals surface area contributed by atoms with E-state index in [9.17, 15) is 0 Å². The fraction of sp³-hybridized carbons (Fsp3) is 0.647. The van der Waals surface area contributed by atoms with E-state index in [1.807, 2.05) is 0 Å². The lowest BCUT2D eigenvalue weighted by atomic mass is 9.94. The van der Waals surface area contributed by atoms with Crippen molar-refractivity contribution >= 4 is 0 Å². The van der Waals surface area contributed by atoms with E-state index in [1.165, 1.54) is 37.7 Å². The molecular formula is C17H26N2. The zero-order valence-corrected chi connectivity index (χ0v) is 12.0. The van der Waals surface area contributed by atoms with Crippen LogP contribution >= 0.6 is 0 Å². The van der Waals surface area contributed by atoms with Crippen molar-refractivity contribution < 1.29 is 0 Å². The highest BCUT2D eigenvalue weighted by molar-refractivity contribution is 5.28. The zero-order chi connectivity index (χ0) is 13.2. The van der Waals surface area contributed by atoms with Crippen LogP contribution in [0, 0.1) is 5.92 Å². The van der Waals surface area contributed by atoms with Crippen LogP contribution < -0.4 is 5.73 Å². The van der Waals surface area contributed by atoms with Crippen LogP contribution in [0.3, 0.4) is 0 Å². The lowest BCUT2D eigenvalue weighted by Crippen LogP contribution is -2.20. The van der Waals surface area contributed by atoms with Gasteiger partial charge < -0.3 is 5.73 Å². The van der Waals surface area contributed by atoms with E-state index in [0.717, 1.165) is 19.0 Å². The molecule has 2 aliphatic rings. The third-order valence-electron chi connectivity index (χ3n) is 5.12. The molecule has 2 nitrogen and oxygen atoms in total. The first-order valence-corrected chi connectivity index (χ1v) is 7.78. The Morgan fingerprint density at radius 3 is 2.32 bits per heavy atom. The van der Waals surface area contributed by atoms with Gasteiger partial charge in [0.2, 0.25) is 0 Å². The van der Waals surface area contributed by atoms with Gasteiger partial charge in [0, 0.05) is 12.6 Å². The average molecular weight is 258 g/mol. The Morgan fingerprint density at radius 1 is 1.11 bits per heavy atom. The van der Waals surface area contributed by atoms with E-state index in [2.05, 4.69) is 36.2 Å². The molecular weight excluding hydrogens is 232 g/mol. The summed E-state index contributed by atoms with van der Waals surface area (Å²) >= 11 is 0. The molecule has 0 aromatic heterocycles. The molecule has 2 unspecified atom stereocenters. The van der Waals surface area contributed by atoms with E-state index in [-0.39, 0.29) is 0 Å². The van der Waals surface area contributed by atoms with Crippen molar-refractivity contribution in [3.8, 4) is 0 Å². The van der Waals surface area contributed by atoms with Gasteiger partial charge in [-0.15, -0.1) is 0 Å². The van der Waals surface area contributed by atoms with Crippen LogP contribution in [-0.2, 0) is 0 Å². The zero-order valence-electron chi connectivity index (χ0n) is 12.0. The Hall–Kier alpha value is -0.860. The van der Waals surface area contributed by atoms with Gasteiger partial charge in [0.25, 0.3) is 0 Å². The minimum atomic E-state index is 0.575. The lowest BCUT2D eigenvalue weighted by molar-refractivity contribution is 0.313. The highest BCUT2D eigenvalue weighted by atomic mass is 15.2. The number of hydrogen-bond donors (Lipinski definition) is 1. The van der Waals surface area contributed by atoms with Gasteiger partial charge in [-0.2, -0.15) is 0 Å². The molecule has 19 heavy (non-hydrogen) atoms. The van der Waals surface area contributed by atoms with Gasteiger partial charge in [0.15, 0.2) is 0 Å². The smallest absolute Gasteiger partial charge is 0.0348 e. The van der Waals surface area contributed by atoms with Crippen LogP contribution in [0.1, 0.15) is 55.2 Å². The summed E-state index contributed by atoms with van der Waals surface area (Å²) < 4.78 is 0. The summed E-state index contributed by atoms with van der Waals surface area (Å²) in [6.07, 6.45) is 6.82. The van der Waals surface area contributed by atoms with E-state index in [0.29, 0.717) is 12.0 Å². The van der Waals surface area contributed by atoms with Crippen molar-refractivity contribution in [1.82, 2.24) is 4.90 Å². The van der Waals surface area contributed by atoms with Crippen molar-refractivity contribution in [1.29, 1.82) is 0 Å². The summed E-state index contributed by atoms with van der Waals surface area (Å²) in [5.74, 6) is 1.50. The highest BCUT2D eigenvalue weighted by Gasteiger charge is 2.29. The normalized spacial score (nSPS) is 29.2. The standard InChI is InChI=1S/C17H26N2/c1-19-12-13(11-18)10-17(19)16-8-6-15(7-9-16)14-4-2-3-5-14/h6-9,13-14,17H,2-5,10-12,18H2,1H3. The van der Waals surface area contributed by atoms with Crippen molar-refractivity contribution in [2.24, 2.45) is 11.7 Å². The van der Waals surface area contributed by atoms with Gasteiger partial charge in [-0.05, 0) is 55.8 Å². The molecule has 2 fully saturated rings. The third-order valence-corrected chi connectivity index (χ3v) is 5.12. The molecule has 104 valence electrons. The molecule has 2 N–H and O–H groups in total. The largest absolute Gasteiger partial charge is 0.330 e. The molecule has 0 amide bonds.